The van der Waals surface area contributed by atoms with E-state index in [-0.39, 0.29) is 29.9 Å². The normalized spacial score (nSPS) is 28.6. The molecule has 0 N–H and O–H groups in total. The Hall–Kier alpha value is -3.39. The van der Waals surface area contributed by atoms with Crippen molar-refractivity contribution in [2.24, 2.45) is 5.92 Å². The summed E-state index contributed by atoms with van der Waals surface area (Å²) < 4.78 is 19.2. The summed E-state index contributed by atoms with van der Waals surface area (Å²) in [6, 6.07) is 12.0. The lowest BCUT2D eigenvalue weighted by molar-refractivity contribution is -0.222. The van der Waals surface area contributed by atoms with E-state index in [4.69, 9.17) is 14.2 Å². The lowest BCUT2D eigenvalue weighted by atomic mass is 9.48. The van der Waals surface area contributed by atoms with E-state index >= 15 is 0 Å². The number of esters is 2. The quantitative estimate of drug-likeness (QED) is 0.325. The molecule has 1 saturated heterocycles. The third-order valence-electron chi connectivity index (χ3n) is 10.2. The topological polar surface area (TPSA) is 85.4 Å². The van der Waals surface area contributed by atoms with Gasteiger partial charge >= 0.3 is 11.9 Å². The van der Waals surface area contributed by atoms with Gasteiger partial charge in [-0.05, 0) is 75.7 Å². The molecule has 1 saturated carbocycles. The molecule has 230 valence electrons. The van der Waals surface area contributed by atoms with Crippen molar-refractivity contribution in [2.45, 2.75) is 102 Å². The maximum Gasteiger partial charge on any atom is 0.308 e. The molecule has 2 aliphatic heterocycles. The lowest BCUT2D eigenvalue weighted by Gasteiger charge is -2.65. The molecule has 5 atom stereocenters. The number of hydrogen-bond donors (Lipinski definition) is 0. The zero-order valence-corrected chi connectivity index (χ0v) is 26.3. The van der Waals surface area contributed by atoms with Crippen LogP contribution in [0.5, 0.6) is 11.5 Å². The number of likely N-dealkylation sites (tertiary alicyclic amines) is 1. The van der Waals surface area contributed by atoms with Crippen LogP contribution in [-0.2, 0) is 37.4 Å². The highest BCUT2D eigenvalue weighted by atomic mass is 16.6. The number of hydrogen-bond acceptors (Lipinski definition) is 7. The van der Waals surface area contributed by atoms with Crippen molar-refractivity contribution >= 4 is 17.8 Å². The van der Waals surface area contributed by atoms with Gasteiger partial charge in [0, 0.05) is 32.4 Å². The van der Waals surface area contributed by atoms with Crippen LogP contribution in [0.4, 0.5) is 0 Å². The van der Waals surface area contributed by atoms with Gasteiger partial charge in [0.1, 0.15) is 11.7 Å². The average molecular weight is 589 g/mol. The number of rotatable bonds is 8. The van der Waals surface area contributed by atoms with Crippen molar-refractivity contribution in [2.75, 3.05) is 20.1 Å². The molecule has 4 aliphatic rings. The van der Waals surface area contributed by atoms with Crippen LogP contribution in [-0.4, -0.2) is 71.6 Å². The first-order valence-corrected chi connectivity index (χ1v) is 15.7. The van der Waals surface area contributed by atoms with Crippen molar-refractivity contribution in [3.63, 3.8) is 0 Å². The number of aryl methyl sites for hydroxylation is 2. The van der Waals surface area contributed by atoms with E-state index in [9.17, 15) is 14.4 Å². The number of amides is 1. The molecule has 0 aromatic heterocycles. The third-order valence-corrected chi connectivity index (χ3v) is 10.2. The lowest BCUT2D eigenvalue weighted by Crippen LogP contribution is -2.79. The predicted molar refractivity (Wildman–Crippen MR) is 162 cm³/mol. The Labute approximate surface area is 254 Å². The Bertz CT molecular complexity index is 1450. The second-order valence-electron chi connectivity index (χ2n) is 13.5. The van der Waals surface area contributed by atoms with Crippen LogP contribution in [0, 0.1) is 12.8 Å². The van der Waals surface area contributed by atoms with E-state index in [1.807, 2.05) is 18.2 Å². The number of carbonyl (C=O) groups is 3. The first-order chi connectivity index (χ1) is 20.5. The third kappa shape index (κ3) is 4.73. The average Bonchev–Trinajstić information content (AvgIpc) is 3.29. The molecule has 0 radical (unpaired) electrons. The van der Waals surface area contributed by atoms with Gasteiger partial charge in [0.05, 0.1) is 17.5 Å². The number of ether oxygens (including phenoxy) is 3. The van der Waals surface area contributed by atoms with Gasteiger partial charge in [-0.3, -0.25) is 19.3 Å². The molecule has 1 amide bonds. The summed E-state index contributed by atoms with van der Waals surface area (Å²) in [5, 5.41) is 0. The van der Waals surface area contributed by atoms with Crippen molar-refractivity contribution < 1.29 is 28.6 Å². The second kappa shape index (κ2) is 11.0. The SMILES string of the molecule is CC(=O)Oc1ccc2c3c1OC1C(N(CC(C)C)C(=O)CCc4cccc(C)c4)CC[C@@]4(OC(C)=O)[C@@H](C2)N(C)CC[C@]314. The number of piperidine rings is 1. The molecule has 6 rings (SSSR count). The molecule has 8 heteroatoms. The Morgan fingerprint density at radius 2 is 1.91 bits per heavy atom. The highest BCUT2D eigenvalue weighted by molar-refractivity contribution is 5.78. The first-order valence-electron chi connectivity index (χ1n) is 15.7. The minimum absolute atomic E-state index is 0.0224. The molecule has 2 unspecified atom stereocenters. The molecule has 2 fully saturated rings. The molecular weight excluding hydrogens is 544 g/mol. The number of likely N-dealkylation sites (N-methyl/N-ethyl adjacent to an activating group) is 1. The summed E-state index contributed by atoms with van der Waals surface area (Å²) in [6.45, 7) is 10.6. The van der Waals surface area contributed by atoms with Gasteiger partial charge in [-0.15, -0.1) is 0 Å². The molecule has 2 aromatic rings. The molecule has 43 heavy (non-hydrogen) atoms. The molecule has 8 nitrogen and oxygen atoms in total. The van der Waals surface area contributed by atoms with Crippen molar-refractivity contribution in [1.82, 2.24) is 9.80 Å². The molecule has 1 spiro atoms. The summed E-state index contributed by atoms with van der Waals surface area (Å²) >= 11 is 0. The van der Waals surface area contributed by atoms with Crippen molar-refractivity contribution in [1.29, 1.82) is 0 Å². The van der Waals surface area contributed by atoms with E-state index in [0.717, 1.165) is 23.2 Å². The van der Waals surface area contributed by atoms with Crippen LogP contribution in [0.3, 0.4) is 0 Å². The number of nitrogens with zero attached hydrogens (tertiary/aromatic N) is 2. The van der Waals surface area contributed by atoms with Crippen molar-refractivity contribution in [3.05, 3.63) is 58.7 Å². The minimum atomic E-state index is -0.811. The van der Waals surface area contributed by atoms with Gasteiger partial charge < -0.3 is 19.1 Å². The summed E-state index contributed by atoms with van der Waals surface area (Å²) in [6.07, 6.45) is 3.34. The summed E-state index contributed by atoms with van der Waals surface area (Å²) in [7, 11) is 2.11. The highest BCUT2D eigenvalue weighted by Gasteiger charge is 2.75. The molecular formula is C35H44N2O6. The molecule has 2 aliphatic carbocycles. The summed E-state index contributed by atoms with van der Waals surface area (Å²) in [5.74, 6) is 0.604. The standard InChI is InChI=1S/C35H44N2O6/c1-21(2)20-37(30(40)13-10-25-9-7-8-22(3)18-25)27-14-15-35(43-24(5)39)29-19-26-11-12-28(41-23(4)38)32-31(26)34(35,33(27)42-32)16-17-36(29)6/h7-9,11-12,18,21,27,29,33H,10,13-17,19-20H2,1-6H3/t27?,29-,33?,34+,35-/m1/s1. The maximum atomic E-state index is 14.2. The smallest absolute Gasteiger partial charge is 0.308 e. The Kier molecular flexibility index (Phi) is 7.56. The molecule has 2 aromatic carbocycles. The van der Waals surface area contributed by atoms with Crippen LogP contribution >= 0.6 is 0 Å². The van der Waals surface area contributed by atoms with Crippen molar-refractivity contribution in [3.8, 4) is 11.5 Å². The van der Waals surface area contributed by atoms with Crippen LogP contribution < -0.4 is 9.47 Å². The predicted octanol–water partition coefficient (Wildman–Crippen LogP) is 4.76. The van der Waals surface area contributed by atoms with E-state index in [1.165, 1.54) is 19.4 Å². The number of carbonyl (C=O) groups excluding carboxylic acids is 3. The second-order valence-corrected chi connectivity index (χ2v) is 13.5. The Morgan fingerprint density at radius 3 is 2.60 bits per heavy atom. The van der Waals surface area contributed by atoms with Gasteiger partial charge in [0.25, 0.3) is 0 Å². The van der Waals surface area contributed by atoms with E-state index in [0.29, 0.717) is 56.6 Å². The number of benzene rings is 2. The largest absolute Gasteiger partial charge is 0.483 e. The summed E-state index contributed by atoms with van der Waals surface area (Å²) in [4.78, 5) is 43.5. The molecule has 2 bridgehead atoms. The maximum absolute atomic E-state index is 14.2. The van der Waals surface area contributed by atoms with Crippen LogP contribution in [0.2, 0.25) is 0 Å². The first kappa shape index (κ1) is 29.7. The highest BCUT2D eigenvalue weighted by Crippen LogP contribution is 2.67. The Balaban J connectivity index is 1.45. The van der Waals surface area contributed by atoms with Gasteiger partial charge in [0.15, 0.2) is 11.5 Å². The summed E-state index contributed by atoms with van der Waals surface area (Å²) in [5.41, 5.74) is 3.00. The van der Waals surface area contributed by atoms with Crippen LogP contribution in [0.1, 0.15) is 75.6 Å². The molecule has 2 heterocycles. The van der Waals surface area contributed by atoms with Gasteiger partial charge in [-0.1, -0.05) is 49.7 Å². The van der Waals surface area contributed by atoms with E-state index < -0.39 is 23.1 Å². The van der Waals surface area contributed by atoms with Crippen LogP contribution in [0.15, 0.2) is 36.4 Å². The van der Waals surface area contributed by atoms with Gasteiger partial charge in [-0.25, -0.2) is 0 Å². The van der Waals surface area contributed by atoms with Crippen LogP contribution in [0.25, 0.3) is 0 Å². The fraction of sp³-hybridized carbons (Fsp3) is 0.571. The Morgan fingerprint density at radius 1 is 1.12 bits per heavy atom. The van der Waals surface area contributed by atoms with Gasteiger partial charge in [0.2, 0.25) is 5.91 Å². The zero-order chi connectivity index (χ0) is 30.7. The monoisotopic (exact) mass is 588 g/mol. The fourth-order valence-electron chi connectivity index (χ4n) is 8.78. The zero-order valence-electron chi connectivity index (χ0n) is 26.3. The van der Waals surface area contributed by atoms with Gasteiger partial charge in [-0.2, -0.15) is 0 Å². The van der Waals surface area contributed by atoms with E-state index in [2.05, 4.69) is 55.8 Å². The fourth-order valence-corrected chi connectivity index (χ4v) is 8.78. The minimum Gasteiger partial charge on any atom is -0.483 e. The van der Waals surface area contributed by atoms with E-state index in [1.54, 1.807) is 0 Å².